The van der Waals surface area contributed by atoms with E-state index in [1.165, 1.54) is 0 Å². The fourth-order valence-corrected chi connectivity index (χ4v) is 2.23. The van der Waals surface area contributed by atoms with Crippen molar-refractivity contribution in [2.45, 2.75) is 167 Å². The first-order valence-corrected chi connectivity index (χ1v) is 16.8. The Morgan fingerprint density at radius 3 is 1.14 bits per heavy atom. The minimum Gasteiger partial charge on any atom is -1.00 e. The van der Waals surface area contributed by atoms with Crippen molar-refractivity contribution >= 4 is 53.4 Å². The van der Waals surface area contributed by atoms with Crippen LogP contribution in [0.1, 0.15) is 133 Å². The predicted octanol–water partition coefficient (Wildman–Crippen LogP) is -0.421. The minimum atomic E-state index is -1.16. The van der Waals surface area contributed by atoms with E-state index in [9.17, 15) is 28.8 Å². The number of halogens is 1. The van der Waals surface area contributed by atoms with E-state index in [2.05, 4.69) is 15.5 Å². The second kappa shape index (κ2) is 31.6. The normalized spacial score (nSPS) is 12.2. The Bertz CT molecular complexity index is 1190. The number of alkyl carbamates (subject to hydrolysis) is 2. The number of hydrogen-bond acceptors (Lipinski definition) is 14. The number of esters is 2. The van der Waals surface area contributed by atoms with Crippen molar-refractivity contribution in [3.8, 4) is 0 Å². The molecule has 0 aliphatic heterocycles. The third-order valence-corrected chi connectivity index (χ3v) is 5.33. The molecule has 3 N–H and O–H groups in total. The fraction of sp³-hybridized carbons (Fsp3) is 0.806. The van der Waals surface area contributed by atoms with Crippen molar-refractivity contribution < 1.29 is 177 Å². The molecule has 0 saturated carbocycles. The van der Waals surface area contributed by atoms with Gasteiger partial charge >= 0.3 is 133 Å². The number of aliphatic carboxylic acids is 1. The molecule has 17 nitrogen and oxygen atoms in total. The van der Waals surface area contributed by atoms with Crippen molar-refractivity contribution in [2.75, 3.05) is 13.2 Å². The maximum Gasteiger partial charge on any atom is 1.00 e. The van der Waals surface area contributed by atoms with Gasteiger partial charge in [0.05, 0.1) is 29.8 Å². The van der Waals surface area contributed by atoms with Crippen LogP contribution in [0.5, 0.6) is 0 Å². The number of nitrogens with one attached hydrogen (secondary N) is 2. The van der Waals surface area contributed by atoms with Gasteiger partial charge in [-0.1, -0.05) is 28.2 Å². The van der Waals surface area contributed by atoms with E-state index in [4.69, 9.17) is 50.4 Å². The summed E-state index contributed by atoms with van der Waals surface area (Å²) in [6, 6.07) is -2.27. The number of carbonyl (C=O) groups is 7. The second-order valence-electron chi connectivity index (χ2n) is 17.3. The average molecular weight is 884 g/mol. The van der Waals surface area contributed by atoms with Gasteiger partial charge in [0.1, 0.15) is 11.2 Å². The maximum absolute atomic E-state index is 12.2. The Morgan fingerprint density at radius 1 is 0.643 bits per heavy atom. The van der Waals surface area contributed by atoms with Crippen molar-refractivity contribution in [3.63, 3.8) is 0 Å². The number of rotatable bonds is 9. The molecular formula is C36H69ClK2N2O15. The summed E-state index contributed by atoms with van der Waals surface area (Å²) in [6.07, 6.45) is -1.56. The standard InChI is InChI=1S/C17H31NO6.C12H23NO5.C5H9ClO.CH2O3.CH4.2K.H/c1-15(2,3)13(20)23-12(19)11(10-22-16(4,5)6)18-14(21)24-17(7,8)9;1-11(2,3)17-7-8(9(14)15)13-10(16)18-12(4,5)6;1-5(2,3)4(6)7;2-1-4-3;;;;/h11H,10H2,1-9H3,(H,18,21);8H,7H2,1-6H3,(H,13,16)(H,14,15);1-3H3;1,3H;1H4;;;/q;;;;;2*+1;-1/p-1/t11-;8-;;;;;;/m00....../s1. The number of hydrogen-bond donors (Lipinski definition) is 3. The van der Waals surface area contributed by atoms with Gasteiger partial charge in [0.2, 0.25) is 5.24 Å². The zero-order chi connectivity index (χ0) is 43.4. The quantitative estimate of drug-likeness (QED) is 0.0390. The molecule has 0 bridgehead atoms. The number of carbonyl (C=O) groups excluding carboxylic acids is 6. The summed E-state index contributed by atoms with van der Waals surface area (Å²) in [5.74, 6) is -2.73. The monoisotopic (exact) mass is 882 g/mol. The van der Waals surface area contributed by atoms with E-state index in [0.29, 0.717) is 0 Å². The number of carboxylic acid groups (broad SMARTS) is 1. The molecule has 0 heterocycles. The van der Waals surface area contributed by atoms with Gasteiger partial charge in [0.15, 0.2) is 12.1 Å². The van der Waals surface area contributed by atoms with Crippen molar-refractivity contribution in [1.82, 2.24) is 10.6 Å². The zero-order valence-corrected chi connectivity index (χ0v) is 43.7. The second-order valence-corrected chi connectivity index (χ2v) is 17.6. The Balaban J connectivity index is -0.000000107. The molecule has 0 aromatic rings. The third kappa shape index (κ3) is 49.9. The van der Waals surface area contributed by atoms with Gasteiger partial charge in [0, 0.05) is 5.41 Å². The smallest absolute Gasteiger partial charge is 1.00 e. The van der Waals surface area contributed by atoms with Gasteiger partial charge in [-0.05, 0) is 115 Å². The molecule has 0 aliphatic rings. The largest absolute Gasteiger partial charge is 1.00 e. The van der Waals surface area contributed by atoms with Crippen LogP contribution in [-0.4, -0.2) is 94.6 Å². The number of ether oxygens (including phenoxy) is 5. The third-order valence-electron chi connectivity index (χ3n) is 4.77. The Kier molecular flexibility index (Phi) is 39.7. The molecule has 0 rings (SSSR count). The van der Waals surface area contributed by atoms with Crippen LogP contribution in [0.15, 0.2) is 0 Å². The molecule has 0 spiro atoms. The first kappa shape index (κ1) is 70.3. The molecule has 2 atom stereocenters. The molecule has 20 heteroatoms. The molecule has 0 aliphatic carbocycles. The minimum absolute atomic E-state index is 0. The molecule has 0 aromatic heterocycles. The fourth-order valence-electron chi connectivity index (χ4n) is 2.23. The van der Waals surface area contributed by atoms with E-state index >= 15 is 0 Å². The summed E-state index contributed by atoms with van der Waals surface area (Å²) in [5.41, 5.74) is -3.59. The van der Waals surface area contributed by atoms with Crippen LogP contribution in [0.2, 0.25) is 0 Å². The van der Waals surface area contributed by atoms with Gasteiger partial charge in [-0.3, -0.25) is 14.4 Å². The first-order chi connectivity index (χ1) is 23.3. The molecule has 0 fully saturated rings. The molecule has 0 radical (unpaired) electrons. The summed E-state index contributed by atoms with van der Waals surface area (Å²) in [4.78, 5) is 79.9. The van der Waals surface area contributed by atoms with Crippen LogP contribution in [0, 0.1) is 10.8 Å². The summed E-state index contributed by atoms with van der Waals surface area (Å²) in [6.45, 7) is 30.9. The van der Waals surface area contributed by atoms with Crippen LogP contribution in [-0.2, 0) is 52.5 Å². The average Bonchev–Trinajstić information content (AvgIpc) is 2.89. The molecule has 322 valence electrons. The van der Waals surface area contributed by atoms with E-state index in [1.54, 1.807) is 104 Å². The van der Waals surface area contributed by atoms with E-state index in [0.717, 1.165) is 0 Å². The van der Waals surface area contributed by atoms with Gasteiger partial charge in [-0.25, -0.2) is 19.2 Å². The Morgan fingerprint density at radius 2 is 0.929 bits per heavy atom. The SMILES string of the molecule is C.CC(C)(C)C(=O)Cl.CC(C)(C)OC[C@H](NC(=O)OC(C)(C)C)C(=O)O.CC(C)(C)OC[C@H](NC(=O)OC(C)(C)C)C(=O)OC(=O)C(C)(C)C.O=CO[O-].[H-].[K+].[K+]. The molecule has 0 aromatic carbocycles. The van der Waals surface area contributed by atoms with E-state index in [1.807, 2.05) is 20.8 Å². The summed E-state index contributed by atoms with van der Waals surface area (Å²) in [7, 11) is 0. The molecular weight excluding hydrogens is 814 g/mol. The Labute approximate surface area is 426 Å². The van der Waals surface area contributed by atoms with E-state index in [-0.39, 0.29) is 142 Å². The molecule has 0 unspecified atom stereocenters. The number of carboxylic acids is 1. The number of amides is 2. The van der Waals surface area contributed by atoms with E-state index < -0.39 is 70.0 Å². The first-order valence-electron chi connectivity index (χ1n) is 16.5. The molecule has 56 heavy (non-hydrogen) atoms. The van der Waals surface area contributed by atoms with Gasteiger partial charge < -0.3 is 51.0 Å². The van der Waals surface area contributed by atoms with Gasteiger partial charge in [-0.15, -0.1) is 0 Å². The summed E-state index contributed by atoms with van der Waals surface area (Å²) < 4.78 is 25.8. The Hall–Kier alpha value is -0.267. The summed E-state index contributed by atoms with van der Waals surface area (Å²) >= 11 is 5.11. The van der Waals surface area contributed by atoms with Crippen LogP contribution in [0.3, 0.4) is 0 Å². The van der Waals surface area contributed by atoms with Crippen LogP contribution in [0.25, 0.3) is 0 Å². The summed E-state index contributed by atoms with van der Waals surface area (Å²) in [5, 5.41) is 21.8. The van der Waals surface area contributed by atoms with Gasteiger partial charge in [-0.2, -0.15) is 0 Å². The van der Waals surface area contributed by atoms with Crippen LogP contribution in [0.4, 0.5) is 9.59 Å². The van der Waals surface area contributed by atoms with Crippen molar-refractivity contribution in [3.05, 3.63) is 0 Å². The van der Waals surface area contributed by atoms with Crippen LogP contribution < -0.4 is 119 Å². The van der Waals surface area contributed by atoms with Crippen LogP contribution >= 0.6 is 11.6 Å². The van der Waals surface area contributed by atoms with Crippen molar-refractivity contribution in [2.24, 2.45) is 10.8 Å². The van der Waals surface area contributed by atoms with Crippen molar-refractivity contribution in [1.29, 1.82) is 0 Å². The maximum atomic E-state index is 12.2. The topological polar surface area (TPSA) is 242 Å². The predicted molar refractivity (Wildman–Crippen MR) is 201 cm³/mol. The van der Waals surface area contributed by atoms with Gasteiger partial charge in [0.25, 0.3) is 6.47 Å². The zero-order valence-electron chi connectivity index (χ0n) is 37.7. The molecule has 0 saturated heterocycles. The molecule has 2 amide bonds.